The number of amides is 5. The van der Waals surface area contributed by atoms with E-state index in [2.05, 4.69) is 10.6 Å². The molecule has 1 aromatic rings. The van der Waals surface area contributed by atoms with E-state index in [1.807, 2.05) is 0 Å². The van der Waals surface area contributed by atoms with Gasteiger partial charge in [0.25, 0.3) is 5.91 Å². The van der Waals surface area contributed by atoms with Gasteiger partial charge < -0.3 is 34.4 Å². The first kappa shape index (κ1) is 31.0. The Morgan fingerprint density at radius 3 is 2.45 bits per heavy atom. The van der Waals surface area contributed by atoms with Crippen molar-refractivity contribution in [1.29, 1.82) is 0 Å². The molecule has 13 nitrogen and oxygen atoms in total. The minimum absolute atomic E-state index is 0.0422. The summed E-state index contributed by atoms with van der Waals surface area (Å²) in [5.74, 6) is -1.49. The fraction of sp³-hybridized carbons (Fsp3) is 0.593. The lowest BCUT2D eigenvalue weighted by molar-refractivity contribution is -0.137. The molecule has 40 heavy (non-hydrogen) atoms. The number of hydrogen-bond acceptors (Lipinski definition) is 9. The van der Waals surface area contributed by atoms with Crippen LogP contribution in [0.2, 0.25) is 0 Å². The summed E-state index contributed by atoms with van der Waals surface area (Å²) >= 11 is 0. The summed E-state index contributed by atoms with van der Waals surface area (Å²) in [5.41, 5.74) is 0.831. The highest BCUT2D eigenvalue weighted by atomic mass is 16.6. The van der Waals surface area contributed by atoms with E-state index in [0.717, 1.165) is 0 Å². The molecule has 3 N–H and O–H groups in total. The van der Waals surface area contributed by atoms with Crippen molar-refractivity contribution in [3.63, 3.8) is 0 Å². The molecule has 0 aliphatic carbocycles. The van der Waals surface area contributed by atoms with Crippen molar-refractivity contribution in [2.75, 3.05) is 51.4 Å². The number of aliphatic hydroxyl groups is 1. The molecule has 3 rings (SSSR count). The van der Waals surface area contributed by atoms with Gasteiger partial charge in [-0.3, -0.25) is 24.5 Å². The molecule has 5 amide bonds. The minimum Gasteiger partial charge on any atom is -0.444 e. The third-order valence-electron chi connectivity index (χ3n) is 6.23. The first-order valence-corrected chi connectivity index (χ1v) is 13.3. The highest BCUT2D eigenvalue weighted by Gasteiger charge is 2.40. The Morgan fingerprint density at radius 1 is 1.10 bits per heavy atom. The molecule has 220 valence electrons. The predicted octanol–water partition coefficient (Wildman–Crippen LogP) is 1.04. The van der Waals surface area contributed by atoms with Crippen LogP contribution in [0, 0.1) is 0 Å². The normalized spacial score (nSPS) is 16.9. The van der Waals surface area contributed by atoms with Crippen LogP contribution >= 0.6 is 0 Å². The number of ether oxygens (including phenoxy) is 3. The van der Waals surface area contributed by atoms with Crippen LogP contribution in [0.15, 0.2) is 18.2 Å². The maximum atomic E-state index is 13.0. The van der Waals surface area contributed by atoms with Gasteiger partial charge in [0, 0.05) is 42.9 Å². The van der Waals surface area contributed by atoms with Gasteiger partial charge in [0.2, 0.25) is 17.7 Å². The summed E-state index contributed by atoms with van der Waals surface area (Å²) in [6.07, 6.45) is -0.0572. The van der Waals surface area contributed by atoms with Crippen LogP contribution in [0.4, 0.5) is 10.5 Å². The second-order valence-electron chi connectivity index (χ2n) is 10.4. The number of anilines is 1. The van der Waals surface area contributed by atoms with Gasteiger partial charge in [0.15, 0.2) is 0 Å². The zero-order chi connectivity index (χ0) is 29.3. The fourth-order valence-corrected chi connectivity index (χ4v) is 4.32. The smallest absolute Gasteiger partial charge is 0.410 e. The number of imide groups is 1. The monoisotopic (exact) mass is 562 g/mol. The number of fused-ring (bicyclic) bond motifs is 1. The quantitative estimate of drug-likeness (QED) is 0.235. The van der Waals surface area contributed by atoms with Crippen molar-refractivity contribution in [2.45, 2.75) is 58.2 Å². The first-order chi connectivity index (χ1) is 19.0. The molecule has 1 saturated heterocycles. The Morgan fingerprint density at radius 2 is 1.80 bits per heavy atom. The van der Waals surface area contributed by atoms with Crippen molar-refractivity contribution >= 4 is 35.4 Å². The van der Waals surface area contributed by atoms with Gasteiger partial charge in [0.05, 0.1) is 39.5 Å². The van der Waals surface area contributed by atoms with Gasteiger partial charge in [-0.15, -0.1) is 0 Å². The standard InChI is InChI=1S/C27H38N4O9/c1-27(2,3)40-26(37)30(11-15-39-16-12-32)10-14-38-13-9-23(34)28-20-6-4-5-18-19(20)17-31(25(18)36)21-7-8-22(33)29-24(21)35/h4-6,21,32H,7-17H2,1-3H3,(H,28,34)(H,29,33,35). The number of nitrogens with one attached hydrogen (secondary N) is 2. The van der Waals surface area contributed by atoms with Crippen LogP contribution < -0.4 is 10.6 Å². The number of carbonyl (C=O) groups is 5. The maximum Gasteiger partial charge on any atom is 0.410 e. The van der Waals surface area contributed by atoms with Gasteiger partial charge in [-0.2, -0.15) is 0 Å². The number of aliphatic hydroxyl groups excluding tert-OH is 1. The summed E-state index contributed by atoms with van der Waals surface area (Å²) in [4.78, 5) is 64.7. The van der Waals surface area contributed by atoms with Crippen molar-refractivity contribution in [3.8, 4) is 0 Å². The molecular weight excluding hydrogens is 524 g/mol. The molecule has 1 fully saturated rings. The van der Waals surface area contributed by atoms with Crippen LogP contribution in [0.3, 0.4) is 0 Å². The van der Waals surface area contributed by atoms with Crippen LogP contribution in [0.5, 0.6) is 0 Å². The van der Waals surface area contributed by atoms with E-state index in [1.54, 1.807) is 39.0 Å². The Bertz CT molecular complexity index is 1100. The highest BCUT2D eigenvalue weighted by Crippen LogP contribution is 2.32. The SMILES string of the molecule is CC(C)(C)OC(=O)N(CCOCCO)CCOCCC(=O)Nc1cccc2c1CN(C1CCC(=O)NC1=O)C2=O. The highest BCUT2D eigenvalue weighted by molar-refractivity contribution is 6.06. The van der Waals surface area contributed by atoms with Crippen LogP contribution in [-0.4, -0.2) is 102 Å². The number of carbonyl (C=O) groups excluding carboxylic acids is 5. The lowest BCUT2D eigenvalue weighted by atomic mass is 10.0. The average molecular weight is 563 g/mol. The zero-order valence-corrected chi connectivity index (χ0v) is 23.2. The minimum atomic E-state index is -0.740. The van der Waals surface area contributed by atoms with E-state index < -0.39 is 23.6 Å². The van der Waals surface area contributed by atoms with Crippen LogP contribution in [0.1, 0.15) is 56.0 Å². The molecule has 0 spiro atoms. The first-order valence-electron chi connectivity index (χ1n) is 13.3. The molecule has 2 heterocycles. The molecule has 13 heteroatoms. The van der Waals surface area contributed by atoms with E-state index in [0.29, 0.717) is 16.8 Å². The third kappa shape index (κ3) is 8.73. The van der Waals surface area contributed by atoms with Gasteiger partial charge in [0.1, 0.15) is 11.6 Å². The van der Waals surface area contributed by atoms with E-state index in [4.69, 9.17) is 19.3 Å². The molecule has 0 bridgehead atoms. The number of piperidine rings is 1. The molecule has 2 aliphatic heterocycles. The number of benzene rings is 1. The second-order valence-corrected chi connectivity index (χ2v) is 10.4. The third-order valence-corrected chi connectivity index (χ3v) is 6.23. The Hall–Kier alpha value is -3.55. The van der Waals surface area contributed by atoms with Gasteiger partial charge in [-0.1, -0.05) is 6.07 Å². The molecule has 0 radical (unpaired) electrons. The molecule has 1 atom stereocenters. The zero-order valence-electron chi connectivity index (χ0n) is 23.2. The van der Waals surface area contributed by atoms with Crippen molar-refractivity contribution in [1.82, 2.24) is 15.1 Å². The molecule has 0 saturated carbocycles. The van der Waals surface area contributed by atoms with E-state index in [9.17, 15) is 24.0 Å². The lowest BCUT2D eigenvalue weighted by Crippen LogP contribution is -2.52. The number of rotatable bonds is 13. The van der Waals surface area contributed by atoms with Crippen molar-refractivity contribution in [2.24, 2.45) is 0 Å². The molecule has 1 aromatic carbocycles. The second kappa shape index (κ2) is 14.2. The van der Waals surface area contributed by atoms with Crippen LogP contribution in [0.25, 0.3) is 0 Å². The average Bonchev–Trinajstić information content (AvgIpc) is 3.21. The van der Waals surface area contributed by atoms with Crippen molar-refractivity contribution in [3.05, 3.63) is 29.3 Å². The Balaban J connectivity index is 1.47. The summed E-state index contributed by atoms with van der Waals surface area (Å²) in [5, 5.41) is 13.9. The molecule has 1 unspecified atom stereocenters. The van der Waals surface area contributed by atoms with Gasteiger partial charge in [-0.05, 0) is 39.3 Å². The Kier molecular flexibility index (Phi) is 11.0. The largest absolute Gasteiger partial charge is 0.444 e. The summed E-state index contributed by atoms with van der Waals surface area (Å²) in [7, 11) is 0. The topological polar surface area (TPSA) is 164 Å². The van der Waals surface area contributed by atoms with E-state index >= 15 is 0 Å². The summed E-state index contributed by atoms with van der Waals surface area (Å²) < 4.78 is 16.2. The fourth-order valence-electron chi connectivity index (χ4n) is 4.32. The van der Waals surface area contributed by atoms with Gasteiger partial charge >= 0.3 is 6.09 Å². The predicted molar refractivity (Wildman–Crippen MR) is 142 cm³/mol. The Labute approximate surface area is 233 Å². The van der Waals surface area contributed by atoms with Crippen molar-refractivity contribution < 1.29 is 43.3 Å². The summed E-state index contributed by atoms with van der Waals surface area (Å²) in [6, 6.07) is 4.26. The van der Waals surface area contributed by atoms with Crippen LogP contribution in [-0.2, 0) is 35.1 Å². The van der Waals surface area contributed by atoms with Gasteiger partial charge in [-0.25, -0.2) is 4.79 Å². The number of hydrogen-bond donors (Lipinski definition) is 3. The van der Waals surface area contributed by atoms with E-state index in [-0.39, 0.29) is 89.7 Å². The molecule has 2 aliphatic rings. The summed E-state index contributed by atoms with van der Waals surface area (Å²) in [6.45, 7) is 6.49. The lowest BCUT2D eigenvalue weighted by Gasteiger charge is -2.29. The maximum absolute atomic E-state index is 13.0. The number of nitrogens with zero attached hydrogens (tertiary/aromatic N) is 2. The van der Waals surface area contributed by atoms with E-state index in [1.165, 1.54) is 9.80 Å². The molecule has 0 aromatic heterocycles. The molecular formula is C27H38N4O9.